The second-order valence-corrected chi connectivity index (χ2v) is 5.03. The first-order chi connectivity index (χ1) is 9.88. The predicted molar refractivity (Wildman–Crippen MR) is 69.4 cm³/mol. The zero-order valence-electron chi connectivity index (χ0n) is 11.3. The number of hydrogen-bond donors (Lipinski definition) is 2. The lowest BCUT2D eigenvalue weighted by molar-refractivity contribution is -0.140. The molecule has 1 aromatic carbocycles. The average Bonchev–Trinajstić information content (AvgIpc) is 3.21. The fourth-order valence-electron chi connectivity index (χ4n) is 1.87. The van der Waals surface area contributed by atoms with Crippen LogP contribution in [0.5, 0.6) is 0 Å². The van der Waals surface area contributed by atoms with E-state index in [4.69, 9.17) is 0 Å². The number of alkyl halides is 3. The molecular weight excluding hydrogens is 288 g/mol. The fourth-order valence-corrected chi connectivity index (χ4v) is 1.87. The summed E-state index contributed by atoms with van der Waals surface area (Å²) in [5.41, 5.74) is -1.62. The van der Waals surface area contributed by atoms with Crippen molar-refractivity contribution in [1.82, 2.24) is 10.6 Å². The summed E-state index contributed by atoms with van der Waals surface area (Å²) in [6, 6.07) is 2.81. The van der Waals surface area contributed by atoms with E-state index >= 15 is 0 Å². The van der Waals surface area contributed by atoms with Gasteiger partial charge in [0.25, 0.3) is 5.91 Å². The van der Waals surface area contributed by atoms with Crippen molar-refractivity contribution in [2.75, 3.05) is 13.1 Å². The summed E-state index contributed by atoms with van der Waals surface area (Å²) in [6.07, 6.45) is -1.78. The molecule has 1 aliphatic rings. The zero-order chi connectivity index (χ0) is 15.5. The van der Waals surface area contributed by atoms with Gasteiger partial charge in [-0.05, 0) is 44.0 Å². The Labute approximate surface area is 119 Å². The molecule has 0 radical (unpaired) electrons. The number of benzene rings is 1. The van der Waals surface area contributed by atoms with Crippen LogP contribution in [0.4, 0.5) is 17.6 Å². The molecule has 0 spiro atoms. The molecule has 1 aromatic rings. The van der Waals surface area contributed by atoms with Crippen LogP contribution in [0.1, 0.15) is 35.2 Å². The molecule has 116 valence electrons. The quantitative estimate of drug-likeness (QED) is 0.627. The van der Waals surface area contributed by atoms with Crippen molar-refractivity contribution in [3.63, 3.8) is 0 Å². The lowest BCUT2D eigenvalue weighted by Crippen LogP contribution is -2.28. The van der Waals surface area contributed by atoms with Crippen molar-refractivity contribution < 1.29 is 22.4 Å². The molecule has 3 nitrogen and oxygen atoms in total. The maximum absolute atomic E-state index is 13.1. The number of rotatable bonds is 6. The van der Waals surface area contributed by atoms with E-state index in [1.165, 1.54) is 12.8 Å². The first-order valence-electron chi connectivity index (χ1n) is 6.76. The van der Waals surface area contributed by atoms with Gasteiger partial charge in [0.2, 0.25) is 0 Å². The number of nitrogens with one attached hydrogen (secondary N) is 2. The summed E-state index contributed by atoms with van der Waals surface area (Å²) in [4.78, 5) is 11.7. The molecule has 0 aliphatic heterocycles. The van der Waals surface area contributed by atoms with Gasteiger partial charge in [-0.2, -0.15) is 13.2 Å². The molecule has 0 saturated heterocycles. The molecule has 0 heterocycles. The Morgan fingerprint density at radius 2 is 1.95 bits per heavy atom. The van der Waals surface area contributed by atoms with Crippen molar-refractivity contribution in [1.29, 1.82) is 0 Å². The normalized spacial score (nSPS) is 15.0. The maximum atomic E-state index is 13.1. The topological polar surface area (TPSA) is 41.1 Å². The third-order valence-electron chi connectivity index (χ3n) is 3.18. The molecule has 21 heavy (non-hydrogen) atoms. The number of hydrogen-bond acceptors (Lipinski definition) is 2. The molecule has 1 fully saturated rings. The van der Waals surface area contributed by atoms with E-state index in [9.17, 15) is 22.4 Å². The number of carbonyl (C=O) groups is 1. The Balaban J connectivity index is 1.86. The van der Waals surface area contributed by atoms with Crippen molar-refractivity contribution >= 4 is 5.91 Å². The first-order valence-corrected chi connectivity index (χ1v) is 6.76. The summed E-state index contributed by atoms with van der Waals surface area (Å²) < 4.78 is 50.7. The van der Waals surface area contributed by atoms with Gasteiger partial charge in [-0.25, -0.2) is 4.39 Å². The second-order valence-electron chi connectivity index (χ2n) is 5.03. The van der Waals surface area contributed by atoms with E-state index in [0.29, 0.717) is 31.1 Å². The smallest absolute Gasteiger partial charge is 0.352 e. The molecule has 1 saturated carbocycles. The van der Waals surface area contributed by atoms with Crippen molar-refractivity contribution in [2.45, 2.75) is 31.5 Å². The van der Waals surface area contributed by atoms with Crippen LogP contribution in [-0.4, -0.2) is 25.0 Å². The van der Waals surface area contributed by atoms with Crippen LogP contribution in [0.15, 0.2) is 18.2 Å². The lowest BCUT2D eigenvalue weighted by Gasteiger charge is -2.10. The highest BCUT2D eigenvalue weighted by molar-refractivity contribution is 5.94. The van der Waals surface area contributed by atoms with Crippen LogP contribution in [0.25, 0.3) is 0 Å². The van der Waals surface area contributed by atoms with Gasteiger partial charge >= 0.3 is 6.18 Å². The van der Waals surface area contributed by atoms with E-state index < -0.39 is 23.5 Å². The fraction of sp³-hybridized carbons (Fsp3) is 0.500. The average molecular weight is 304 g/mol. The van der Waals surface area contributed by atoms with Crippen LogP contribution in [0.3, 0.4) is 0 Å². The lowest BCUT2D eigenvalue weighted by atomic mass is 10.1. The molecule has 0 unspecified atom stereocenters. The largest absolute Gasteiger partial charge is 0.419 e. The van der Waals surface area contributed by atoms with Gasteiger partial charge in [-0.1, -0.05) is 0 Å². The van der Waals surface area contributed by atoms with Crippen LogP contribution >= 0.6 is 0 Å². The summed E-state index contributed by atoms with van der Waals surface area (Å²) in [7, 11) is 0. The van der Waals surface area contributed by atoms with E-state index in [2.05, 4.69) is 10.6 Å². The third kappa shape index (κ3) is 4.70. The highest BCUT2D eigenvalue weighted by atomic mass is 19.4. The van der Waals surface area contributed by atoms with Crippen molar-refractivity contribution in [3.05, 3.63) is 35.1 Å². The van der Waals surface area contributed by atoms with Gasteiger partial charge in [0, 0.05) is 18.2 Å². The van der Waals surface area contributed by atoms with Gasteiger partial charge in [0.15, 0.2) is 0 Å². The Hall–Kier alpha value is -1.63. The summed E-state index contributed by atoms with van der Waals surface area (Å²) in [6.45, 7) is 1.11. The molecule has 0 bridgehead atoms. The minimum atomic E-state index is -4.81. The van der Waals surface area contributed by atoms with Gasteiger partial charge in [0.05, 0.1) is 5.56 Å². The van der Waals surface area contributed by atoms with Gasteiger partial charge in [0.1, 0.15) is 5.82 Å². The molecular formula is C14H16F4N2O. The molecule has 0 aromatic heterocycles. The zero-order valence-corrected chi connectivity index (χ0v) is 11.3. The Kier molecular flexibility index (Phi) is 4.82. The summed E-state index contributed by atoms with van der Waals surface area (Å²) in [5, 5.41) is 5.78. The van der Waals surface area contributed by atoms with Crippen LogP contribution in [-0.2, 0) is 6.18 Å². The summed E-state index contributed by atoms with van der Waals surface area (Å²) >= 11 is 0. The monoisotopic (exact) mass is 304 g/mol. The summed E-state index contributed by atoms with van der Waals surface area (Å²) in [5.74, 6) is -2.01. The SMILES string of the molecule is O=C(NCCCNC1CC1)c1ccc(F)c(C(F)(F)F)c1. The minimum absolute atomic E-state index is 0.195. The van der Waals surface area contributed by atoms with Crippen LogP contribution in [0.2, 0.25) is 0 Å². The van der Waals surface area contributed by atoms with Crippen molar-refractivity contribution in [3.8, 4) is 0 Å². The molecule has 2 N–H and O–H groups in total. The van der Waals surface area contributed by atoms with Crippen LogP contribution < -0.4 is 10.6 Å². The standard InChI is InChI=1S/C14H16F4N2O/c15-12-5-2-9(8-11(12)14(16,17)18)13(21)20-7-1-6-19-10-3-4-10/h2,5,8,10,19H,1,3-4,6-7H2,(H,20,21). The first kappa shape index (κ1) is 15.8. The second kappa shape index (κ2) is 6.43. The Morgan fingerprint density at radius 1 is 1.24 bits per heavy atom. The van der Waals surface area contributed by atoms with E-state index in [1.807, 2.05) is 0 Å². The predicted octanol–water partition coefficient (Wildman–Crippen LogP) is 2.72. The van der Waals surface area contributed by atoms with E-state index in [-0.39, 0.29) is 5.56 Å². The highest BCUT2D eigenvalue weighted by Gasteiger charge is 2.34. The van der Waals surface area contributed by atoms with Gasteiger partial charge in [-0.3, -0.25) is 4.79 Å². The number of halogens is 4. The molecule has 1 amide bonds. The molecule has 1 aliphatic carbocycles. The van der Waals surface area contributed by atoms with E-state index in [1.54, 1.807) is 0 Å². The van der Waals surface area contributed by atoms with E-state index in [0.717, 1.165) is 12.6 Å². The molecule has 2 rings (SSSR count). The highest BCUT2D eigenvalue weighted by Crippen LogP contribution is 2.31. The Morgan fingerprint density at radius 3 is 2.57 bits per heavy atom. The minimum Gasteiger partial charge on any atom is -0.352 e. The van der Waals surface area contributed by atoms with Crippen LogP contribution in [0, 0.1) is 5.82 Å². The Bertz CT molecular complexity index is 512. The van der Waals surface area contributed by atoms with Crippen molar-refractivity contribution in [2.24, 2.45) is 0 Å². The third-order valence-corrected chi connectivity index (χ3v) is 3.18. The number of carbonyl (C=O) groups excluding carboxylic acids is 1. The van der Waals surface area contributed by atoms with Gasteiger partial charge in [-0.15, -0.1) is 0 Å². The molecule has 0 atom stereocenters. The van der Waals surface area contributed by atoms with Gasteiger partial charge < -0.3 is 10.6 Å². The maximum Gasteiger partial charge on any atom is 0.419 e. The molecule has 7 heteroatoms. The number of amides is 1.